The van der Waals surface area contributed by atoms with Crippen LogP contribution in [0.3, 0.4) is 0 Å². The van der Waals surface area contributed by atoms with Crippen molar-refractivity contribution in [2.24, 2.45) is 0 Å². The number of rotatable bonds is 10. The summed E-state index contributed by atoms with van der Waals surface area (Å²) in [4.78, 5) is 0. The largest absolute Gasteiger partial charge is 0.385 e. The van der Waals surface area contributed by atoms with Crippen LogP contribution >= 0.6 is 0 Å². The molecule has 0 aliphatic rings. The fraction of sp³-hybridized carbons (Fsp3) is 0.556. The molecular formula is C27H42N2. The average molecular weight is 395 g/mol. The lowest BCUT2D eigenvalue weighted by Gasteiger charge is -2.22. The molecule has 0 amide bonds. The van der Waals surface area contributed by atoms with Gasteiger partial charge in [0.25, 0.3) is 0 Å². The Labute approximate surface area is 179 Å². The van der Waals surface area contributed by atoms with Crippen molar-refractivity contribution >= 4 is 11.4 Å². The van der Waals surface area contributed by atoms with Gasteiger partial charge in [0.15, 0.2) is 0 Å². The van der Waals surface area contributed by atoms with Crippen molar-refractivity contribution in [3.8, 4) is 0 Å². The highest BCUT2D eigenvalue weighted by Gasteiger charge is 2.14. The highest BCUT2D eigenvalue weighted by molar-refractivity contribution is 5.61. The maximum atomic E-state index is 3.77. The number of benzene rings is 2. The van der Waals surface area contributed by atoms with Crippen LogP contribution in [0.15, 0.2) is 36.4 Å². The normalized spacial score (nSPS) is 11.7. The Morgan fingerprint density at radius 2 is 0.793 bits per heavy atom. The van der Waals surface area contributed by atoms with Gasteiger partial charge in [-0.3, -0.25) is 0 Å². The first-order valence-corrected chi connectivity index (χ1v) is 11.5. The summed E-state index contributed by atoms with van der Waals surface area (Å²) in [5.74, 6) is 2.11. The SMILES string of the molecule is CC(C)c1cccc(C(C)C)c1NCCCNc1c(C(C)C)cccc1C(C)C. The van der Waals surface area contributed by atoms with Crippen molar-refractivity contribution in [3.05, 3.63) is 58.7 Å². The summed E-state index contributed by atoms with van der Waals surface area (Å²) in [6, 6.07) is 13.5. The van der Waals surface area contributed by atoms with E-state index in [1.807, 2.05) is 0 Å². The molecule has 0 aliphatic carbocycles. The molecule has 0 aliphatic heterocycles. The molecule has 2 rings (SSSR count). The number of hydrogen-bond donors (Lipinski definition) is 2. The lowest BCUT2D eigenvalue weighted by molar-refractivity contribution is 0.817. The van der Waals surface area contributed by atoms with Crippen LogP contribution < -0.4 is 10.6 Å². The van der Waals surface area contributed by atoms with Gasteiger partial charge in [-0.2, -0.15) is 0 Å². The molecule has 0 aromatic heterocycles. The Hall–Kier alpha value is -1.96. The Bertz CT molecular complexity index is 654. The minimum Gasteiger partial charge on any atom is -0.385 e. The minimum atomic E-state index is 0.529. The molecule has 2 N–H and O–H groups in total. The van der Waals surface area contributed by atoms with E-state index in [0.717, 1.165) is 19.5 Å². The summed E-state index contributed by atoms with van der Waals surface area (Å²) in [5.41, 5.74) is 8.41. The molecule has 2 heteroatoms. The first-order valence-electron chi connectivity index (χ1n) is 11.5. The highest BCUT2D eigenvalue weighted by atomic mass is 14.9. The van der Waals surface area contributed by atoms with E-state index in [1.54, 1.807) is 0 Å². The second-order valence-electron chi connectivity index (χ2n) is 9.45. The standard InChI is InChI=1S/C27H42N2/c1-18(2)22-12-9-13-23(19(3)4)26(22)28-16-11-17-29-27-24(20(5)6)14-10-15-25(27)21(7)8/h9-10,12-15,18-21,28-29H,11,16-17H2,1-8H3. The number of nitrogens with one attached hydrogen (secondary N) is 2. The lowest BCUT2D eigenvalue weighted by atomic mass is 9.92. The lowest BCUT2D eigenvalue weighted by Crippen LogP contribution is -2.14. The molecule has 160 valence electrons. The van der Waals surface area contributed by atoms with Gasteiger partial charge in [-0.05, 0) is 52.3 Å². The second kappa shape index (κ2) is 10.7. The van der Waals surface area contributed by atoms with Gasteiger partial charge in [-0.1, -0.05) is 91.8 Å². The zero-order chi connectivity index (χ0) is 21.6. The maximum absolute atomic E-state index is 3.77. The van der Waals surface area contributed by atoms with Gasteiger partial charge in [0.05, 0.1) is 0 Å². The molecule has 0 saturated heterocycles. The van der Waals surface area contributed by atoms with Gasteiger partial charge in [0, 0.05) is 24.5 Å². The van der Waals surface area contributed by atoms with Crippen LogP contribution in [-0.4, -0.2) is 13.1 Å². The van der Waals surface area contributed by atoms with Gasteiger partial charge >= 0.3 is 0 Å². The van der Waals surface area contributed by atoms with Gasteiger partial charge in [0.2, 0.25) is 0 Å². The zero-order valence-electron chi connectivity index (χ0n) is 19.9. The first kappa shape index (κ1) is 23.3. The third kappa shape index (κ3) is 6.01. The Morgan fingerprint density at radius 1 is 0.517 bits per heavy atom. The maximum Gasteiger partial charge on any atom is 0.0410 e. The van der Waals surface area contributed by atoms with Crippen molar-refractivity contribution in [2.75, 3.05) is 23.7 Å². The fourth-order valence-corrected chi connectivity index (χ4v) is 4.03. The van der Waals surface area contributed by atoms with E-state index in [-0.39, 0.29) is 0 Å². The molecule has 0 fully saturated rings. The van der Waals surface area contributed by atoms with Crippen LogP contribution in [0.25, 0.3) is 0 Å². The Morgan fingerprint density at radius 3 is 1.03 bits per heavy atom. The summed E-state index contributed by atoms with van der Waals surface area (Å²) in [5, 5.41) is 7.53. The summed E-state index contributed by atoms with van der Waals surface area (Å²) in [6.07, 6.45) is 1.09. The number of hydrogen-bond acceptors (Lipinski definition) is 2. The van der Waals surface area contributed by atoms with Crippen LogP contribution in [-0.2, 0) is 0 Å². The van der Waals surface area contributed by atoms with Gasteiger partial charge < -0.3 is 10.6 Å². The minimum absolute atomic E-state index is 0.529. The summed E-state index contributed by atoms with van der Waals surface area (Å²) >= 11 is 0. The van der Waals surface area contributed by atoms with Crippen molar-refractivity contribution in [2.45, 2.75) is 85.5 Å². The number of para-hydroxylation sites is 2. The summed E-state index contributed by atoms with van der Waals surface area (Å²) in [6.45, 7) is 20.2. The zero-order valence-corrected chi connectivity index (χ0v) is 19.9. The van der Waals surface area contributed by atoms with E-state index in [0.29, 0.717) is 23.7 Å². The van der Waals surface area contributed by atoms with Crippen LogP contribution in [0.2, 0.25) is 0 Å². The van der Waals surface area contributed by atoms with E-state index >= 15 is 0 Å². The molecule has 0 unspecified atom stereocenters. The summed E-state index contributed by atoms with van der Waals surface area (Å²) < 4.78 is 0. The third-order valence-electron chi connectivity index (χ3n) is 5.70. The molecule has 29 heavy (non-hydrogen) atoms. The van der Waals surface area contributed by atoms with E-state index in [4.69, 9.17) is 0 Å². The van der Waals surface area contributed by atoms with Crippen molar-refractivity contribution in [1.29, 1.82) is 0 Å². The molecule has 2 aromatic carbocycles. The van der Waals surface area contributed by atoms with Crippen LogP contribution in [0.4, 0.5) is 11.4 Å². The number of anilines is 2. The van der Waals surface area contributed by atoms with Crippen LogP contribution in [0.5, 0.6) is 0 Å². The summed E-state index contributed by atoms with van der Waals surface area (Å²) in [7, 11) is 0. The van der Waals surface area contributed by atoms with Gasteiger partial charge in [-0.15, -0.1) is 0 Å². The monoisotopic (exact) mass is 394 g/mol. The topological polar surface area (TPSA) is 24.1 Å². The molecule has 2 nitrogen and oxygen atoms in total. The van der Waals surface area contributed by atoms with Gasteiger partial charge in [-0.25, -0.2) is 0 Å². The molecular weight excluding hydrogens is 352 g/mol. The molecule has 0 saturated carbocycles. The molecule has 0 bridgehead atoms. The first-order chi connectivity index (χ1) is 13.7. The predicted octanol–water partition coefficient (Wildman–Crippen LogP) is 8.09. The molecule has 0 atom stereocenters. The van der Waals surface area contributed by atoms with Crippen molar-refractivity contribution in [1.82, 2.24) is 0 Å². The van der Waals surface area contributed by atoms with Crippen molar-refractivity contribution < 1.29 is 0 Å². The quantitative estimate of drug-likeness (QED) is 0.398. The van der Waals surface area contributed by atoms with Gasteiger partial charge in [0.1, 0.15) is 0 Å². The van der Waals surface area contributed by atoms with E-state index in [2.05, 4.69) is 102 Å². The third-order valence-corrected chi connectivity index (χ3v) is 5.70. The van der Waals surface area contributed by atoms with Crippen LogP contribution in [0.1, 0.15) is 108 Å². The van der Waals surface area contributed by atoms with Crippen LogP contribution in [0, 0.1) is 0 Å². The smallest absolute Gasteiger partial charge is 0.0410 e. The van der Waals surface area contributed by atoms with Crippen molar-refractivity contribution in [3.63, 3.8) is 0 Å². The molecule has 0 heterocycles. The average Bonchev–Trinajstić information content (AvgIpc) is 2.66. The molecule has 0 spiro atoms. The highest BCUT2D eigenvalue weighted by Crippen LogP contribution is 2.33. The molecule has 2 aromatic rings. The molecule has 0 radical (unpaired) electrons. The van der Waals surface area contributed by atoms with E-state index in [9.17, 15) is 0 Å². The van der Waals surface area contributed by atoms with E-state index < -0.39 is 0 Å². The van der Waals surface area contributed by atoms with E-state index in [1.165, 1.54) is 33.6 Å². The second-order valence-corrected chi connectivity index (χ2v) is 9.45. The predicted molar refractivity (Wildman–Crippen MR) is 131 cm³/mol. The Kier molecular flexibility index (Phi) is 8.61. The Balaban J connectivity index is 2.05. The fourth-order valence-electron chi connectivity index (χ4n) is 4.03.